The number of allylic oxidation sites excluding steroid dienone is 1. The molecule has 2 N–H and O–H groups in total. The number of rotatable bonds is 19. The molecule has 0 aliphatic heterocycles. The van der Waals surface area contributed by atoms with E-state index in [1.165, 1.54) is 70.6 Å². The second kappa shape index (κ2) is 18.5. The summed E-state index contributed by atoms with van der Waals surface area (Å²) in [5.74, 6) is -0.908. The summed E-state index contributed by atoms with van der Waals surface area (Å²) in [5, 5.41) is 17.8. The van der Waals surface area contributed by atoms with Crippen LogP contribution >= 0.6 is 0 Å². The van der Waals surface area contributed by atoms with E-state index in [1.54, 1.807) is 6.08 Å². The first kappa shape index (κ1) is 23.2. The van der Waals surface area contributed by atoms with Crippen molar-refractivity contribution in [3.63, 3.8) is 0 Å². The molecular formula is C21H40O3. The number of carboxylic acids is 1. The van der Waals surface area contributed by atoms with Gasteiger partial charge in [0.05, 0.1) is 5.92 Å². The molecule has 1 atom stereocenters. The number of hydrogen-bond acceptors (Lipinski definition) is 2. The second-order valence-electron chi connectivity index (χ2n) is 7.02. The first-order valence-corrected chi connectivity index (χ1v) is 10.2. The minimum Gasteiger partial charge on any atom is -0.481 e. The molecule has 3 nitrogen and oxygen atoms in total. The molecule has 142 valence electrons. The zero-order valence-corrected chi connectivity index (χ0v) is 15.7. The van der Waals surface area contributed by atoms with Crippen LogP contribution in [0.25, 0.3) is 0 Å². The fourth-order valence-electron chi connectivity index (χ4n) is 3.17. The zero-order valence-electron chi connectivity index (χ0n) is 15.7. The summed E-state index contributed by atoms with van der Waals surface area (Å²) in [6.07, 6.45) is 20.7. The van der Waals surface area contributed by atoms with Gasteiger partial charge in [-0.3, -0.25) is 4.79 Å². The third-order valence-corrected chi connectivity index (χ3v) is 4.76. The first-order chi connectivity index (χ1) is 11.7. The molecule has 0 aromatic carbocycles. The third kappa shape index (κ3) is 16.0. The number of aliphatic hydroxyl groups excluding tert-OH is 1. The van der Waals surface area contributed by atoms with E-state index in [4.69, 9.17) is 10.2 Å². The highest BCUT2D eigenvalue weighted by molar-refractivity contribution is 5.70. The van der Waals surface area contributed by atoms with E-state index in [9.17, 15) is 4.79 Å². The van der Waals surface area contributed by atoms with Crippen LogP contribution in [-0.4, -0.2) is 22.8 Å². The van der Waals surface area contributed by atoms with Crippen LogP contribution in [0.1, 0.15) is 103 Å². The van der Waals surface area contributed by atoms with Gasteiger partial charge in [-0.15, -0.1) is 6.58 Å². The Bertz CT molecular complexity index is 289. The minimum atomic E-state index is -0.678. The van der Waals surface area contributed by atoms with Gasteiger partial charge in [-0.2, -0.15) is 0 Å². The van der Waals surface area contributed by atoms with Gasteiger partial charge in [0.25, 0.3) is 0 Å². The van der Waals surface area contributed by atoms with Gasteiger partial charge in [-0.25, -0.2) is 0 Å². The molecule has 0 heterocycles. The molecular weight excluding hydrogens is 300 g/mol. The number of carbonyl (C=O) groups is 1. The van der Waals surface area contributed by atoms with Crippen LogP contribution in [0.3, 0.4) is 0 Å². The Morgan fingerprint density at radius 1 is 0.750 bits per heavy atom. The molecule has 1 unspecified atom stereocenters. The Kier molecular flexibility index (Phi) is 17.9. The second-order valence-corrected chi connectivity index (χ2v) is 7.02. The zero-order chi connectivity index (χ0) is 17.9. The van der Waals surface area contributed by atoms with E-state index in [-0.39, 0.29) is 5.92 Å². The lowest BCUT2D eigenvalue weighted by molar-refractivity contribution is -0.141. The van der Waals surface area contributed by atoms with Crippen LogP contribution in [-0.2, 0) is 4.79 Å². The van der Waals surface area contributed by atoms with E-state index in [2.05, 4.69) is 6.58 Å². The summed E-state index contributed by atoms with van der Waals surface area (Å²) < 4.78 is 0. The molecule has 24 heavy (non-hydrogen) atoms. The summed E-state index contributed by atoms with van der Waals surface area (Å²) in [5.41, 5.74) is 0. The third-order valence-electron chi connectivity index (χ3n) is 4.76. The van der Waals surface area contributed by atoms with Crippen LogP contribution in [0.15, 0.2) is 12.7 Å². The average molecular weight is 341 g/mol. The predicted molar refractivity (Wildman–Crippen MR) is 102 cm³/mol. The molecule has 0 aromatic heterocycles. The van der Waals surface area contributed by atoms with Crippen molar-refractivity contribution in [2.45, 2.75) is 103 Å². The molecule has 0 saturated heterocycles. The van der Waals surface area contributed by atoms with Gasteiger partial charge in [0.1, 0.15) is 0 Å². The van der Waals surface area contributed by atoms with Crippen molar-refractivity contribution < 1.29 is 15.0 Å². The highest BCUT2D eigenvalue weighted by Gasteiger charge is 2.14. The molecule has 0 spiro atoms. The average Bonchev–Trinajstić information content (AvgIpc) is 2.57. The molecule has 0 aliphatic rings. The summed E-state index contributed by atoms with van der Waals surface area (Å²) in [4.78, 5) is 11.0. The Labute approximate surface area is 149 Å². The van der Waals surface area contributed by atoms with Crippen molar-refractivity contribution in [3.8, 4) is 0 Å². The Balaban J connectivity index is 3.20. The van der Waals surface area contributed by atoms with Crippen molar-refractivity contribution in [3.05, 3.63) is 12.7 Å². The van der Waals surface area contributed by atoms with Crippen molar-refractivity contribution >= 4 is 5.97 Å². The lowest BCUT2D eigenvalue weighted by atomic mass is 9.97. The smallest absolute Gasteiger partial charge is 0.306 e. The van der Waals surface area contributed by atoms with Gasteiger partial charge in [0.15, 0.2) is 0 Å². The molecule has 0 amide bonds. The van der Waals surface area contributed by atoms with Gasteiger partial charge in [-0.05, 0) is 19.3 Å². The SMILES string of the molecule is C=CCC(CCCCCCCCCCCCCCCCO)C(=O)O. The van der Waals surface area contributed by atoms with E-state index < -0.39 is 5.97 Å². The fourth-order valence-corrected chi connectivity index (χ4v) is 3.17. The number of aliphatic hydroxyl groups is 1. The lowest BCUT2D eigenvalue weighted by Crippen LogP contribution is -2.12. The summed E-state index contributed by atoms with van der Waals surface area (Å²) in [6.45, 7) is 3.97. The number of aliphatic carboxylic acids is 1. The van der Waals surface area contributed by atoms with Gasteiger partial charge in [-0.1, -0.05) is 89.5 Å². The maximum Gasteiger partial charge on any atom is 0.306 e. The molecule has 0 radical (unpaired) electrons. The molecule has 0 aliphatic carbocycles. The van der Waals surface area contributed by atoms with Crippen LogP contribution in [0, 0.1) is 5.92 Å². The molecule has 0 fully saturated rings. The van der Waals surface area contributed by atoms with E-state index in [0.29, 0.717) is 13.0 Å². The molecule has 0 rings (SSSR count). The van der Waals surface area contributed by atoms with E-state index in [1.807, 2.05) is 0 Å². The highest BCUT2D eigenvalue weighted by atomic mass is 16.4. The predicted octanol–water partition coefficient (Wildman–Crippen LogP) is 6.11. The van der Waals surface area contributed by atoms with Gasteiger partial charge >= 0.3 is 5.97 Å². The maximum atomic E-state index is 11.0. The Hall–Kier alpha value is -0.830. The first-order valence-electron chi connectivity index (χ1n) is 10.2. The van der Waals surface area contributed by atoms with Crippen LogP contribution in [0.4, 0.5) is 0 Å². The summed E-state index contributed by atoms with van der Waals surface area (Å²) >= 11 is 0. The maximum absolute atomic E-state index is 11.0. The standard InChI is InChI=1S/C21H40O3/c1-2-17-20(21(23)24)18-15-13-11-9-7-5-3-4-6-8-10-12-14-16-19-22/h2,20,22H,1,3-19H2,(H,23,24). The van der Waals surface area contributed by atoms with E-state index in [0.717, 1.165) is 25.7 Å². The van der Waals surface area contributed by atoms with Crippen molar-refractivity contribution in [1.29, 1.82) is 0 Å². The van der Waals surface area contributed by atoms with Crippen molar-refractivity contribution in [2.24, 2.45) is 5.92 Å². The monoisotopic (exact) mass is 340 g/mol. The summed E-state index contributed by atoms with van der Waals surface area (Å²) in [7, 11) is 0. The largest absolute Gasteiger partial charge is 0.481 e. The number of hydrogen-bond donors (Lipinski definition) is 2. The normalized spacial score (nSPS) is 12.2. The lowest BCUT2D eigenvalue weighted by Gasteiger charge is -2.09. The van der Waals surface area contributed by atoms with Gasteiger partial charge in [0, 0.05) is 6.61 Å². The van der Waals surface area contributed by atoms with Gasteiger partial charge in [0.2, 0.25) is 0 Å². The number of carboxylic acid groups (broad SMARTS) is 1. The van der Waals surface area contributed by atoms with Crippen molar-refractivity contribution in [2.75, 3.05) is 6.61 Å². The Morgan fingerprint density at radius 3 is 1.46 bits per heavy atom. The molecule has 0 aromatic rings. The highest BCUT2D eigenvalue weighted by Crippen LogP contribution is 2.17. The van der Waals surface area contributed by atoms with Gasteiger partial charge < -0.3 is 10.2 Å². The topological polar surface area (TPSA) is 57.5 Å². The minimum absolute atomic E-state index is 0.230. The van der Waals surface area contributed by atoms with Crippen LogP contribution < -0.4 is 0 Å². The Morgan fingerprint density at radius 2 is 1.12 bits per heavy atom. The van der Waals surface area contributed by atoms with Crippen LogP contribution in [0.5, 0.6) is 0 Å². The quantitative estimate of drug-likeness (QED) is 0.220. The van der Waals surface area contributed by atoms with E-state index >= 15 is 0 Å². The van der Waals surface area contributed by atoms with Crippen LogP contribution in [0.2, 0.25) is 0 Å². The molecule has 0 bridgehead atoms. The molecule has 0 saturated carbocycles. The number of unbranched alkanes of at least 4 members (excludes halogenated alkanes) is 13. The molecule has 3 heteroatoms. The fraction of sp³-hybridized carbons (Fsp3) is 0.857. The summed E-state index contributed by atoms with van der Waals surface area (Å²) in [6, 6.07) is 0. The van der Waals surface area contributed by atoms with Crippen molar-refractivity contribution in [1.82, 2.24) is 0 Å².